The Morgan fingerprint density at radius 3 is 2.20 bits per heavy atom. The number of aromatic nitrogens is 2. The van der Waals surface area contributed by atoms with Crippen molar-refractivity contribution in [2.75, 3.05) is 31.2 Å². The average molecular weight is 228 g/mol. The molecular formula is C10H14ClN3O. The SMILES string of the molecule is Cc1nc(N2CCOCC2)nc(C)c1Cl. The van der Waals surface area contributed by atoms with Crippen molar-refractivity contribution in [2.24, 2.45) is 0 Å². The highest BCUT2D eigenvalue weighted by Gasteiger charge is 2.15. The second kappa shape index (κ2) is 4.33. The molecule has 1 aromatic rings. The molecule has 0 saturated carbocycles. The lowest BCUT2D eigenvalue weighted by molar-refractivity contribution is 0.122. The predicted molar refractivity (Wildman–Crippen MR) is 59.5 cm³/mol. The smallest absolute Gasteiger partial charge is 0.226 e. The third-order valence-electron chi connectivity index (χ3n) is 2.46. The van der Waals surface area contributed by atoms with Crippen LogP contribution in [-0.4, -0.2) is 36.3 Å². The summed E-state index contributed by atoms with van der Waals surface area (Å²) in [5, 5.41) is 0.659. The van der Waals surface area contributed by atoms with Crippen LogP contribution in [0.3, 0.4) is 0 Å². The quantitative estimate of drug-likeness (QED) is 0.730. The lowest BCUT2D eigenvalue weighted by atomic mass is 10.3. The molecule has 1 aliphatic heterocycles. The van der Waals surface area contributed by atoms with E-state index in [0.717, 1.165) is 43.6 Å². The van der Waals surface area contributed by atoms with Gasteiger partial charge in [-0.05, 0) is 13.8 Å². The van der Waals surface area contributed by atoms with Crippen molar-refractivity contribution >= 4 is 17.5 Å². The van der Waals surface area contributed by atoms with Crippen LogP contribution < -0.4 is 4.90 Å². The molecule has 2 rings (SSSR count). The molecule has 0 bridgehead atoms. The molecule has 0 N–H and O–H groups in total. The number of morpholine rings is 1. The van der Waals surface area contributed by atoms with Crippen LogP contribution in [0.1, 0.15) is 11.4 Å². The van der Waals surface area contributed by atoms with Crippen LogP contribution in [0.2, 0.25) is 5.02 Å². The van der Waals surface area contributed by atoms with Crippen LogP contribution in [0.5, 0.6) is 0 Å². The molecular weight excluding hydrogens is 214 g/mol. The van der Waals surface area contributed by atoms with Gasteiger partial charge in [0.05, 0.1) is 29.6 Å². The fraction of sp³-hybridized carbons (Fsp3) is 0.600. The lowest BCUT2D eigenvalue weighted by Gasteiger charge is -2.27. The summed E-state index contributed by atoms with van der Waals surface area (Å²) in [4.78, 5) is 10.9. The minimum atomic E-state index is 0.659. The summed E-state index contributed by atoms with van der Waals surface area (Å²) in [6, 6.07) is 0. The third kappa shape index (κ3) is 2.21. The minimum absolute atomic E-state index is 0.659. The zero-order valence-electron chi connectivity index (χ0n) is 8.96. The number of halogens is 1. The molecule has 1 aliphatic rings. The number of nitrogens with zero attached hydrogens (tertiary/aromatic N) is 3. The molecule has 1 saturated heterocycles. The number of aryl methyl sites for hydroxylation is 2. The van der Waals surface area contributed by atoms with E-state index in [1.165, 1.54) is 0 Å². The maximum atomic E-state index is 6.02. The van der Waals surface area contributed by atoms with Gasteiger partial charge >= 0.3 is 0 Å². The zero-order valence-corrected chi connectivity index (χ0v) is 9.71. The summed E-state index contributed by atoms with van der Waals surface area (Å²) in [5.41, 5.74) is 1.68. The Balaban J connectivity index is 2.27. The van der Waals surface area contributed by atoms with Gasteiger partial charge in [-0.1, -0.05) is 11.6 Å². The molecule has 0 amide bonds. The molecule has 0 atom stereocenters. The summed E-state index contributed by atoms with van der Waals surface area (Å²) < 4.78 is 5.28. The summed E-state index contributed by atoms with van der Waals surface area (Å²) in [6.07, 6.45) is 0. The van der Waals surface area contributed by atoms with E-state index in [1.807, 2.05) is 13.8 Å². The maximum Gasteiger partial charge on any atom is 0.226 e. The van der Waals surface area contributed by atoms with E-state index in [2.05, 4.69) is 14.9 Å². The molecule has 0 aliphatic carbocycles. The third-order valence-corrected chi connectivity index (χ3v) is 3.01. The van der Waals surface area contributed by atoms with Crippen LogP contribution in [0.25, 0.3) is 0 Å². The Morgan fingerprint density at radius 1 is 1.13 bits per heavy atom. The van der Waals surface area contributed by atoms with Gasteiger partial charge in [0.25, 0.3) is 0 Å². The first-order valence-corrected chi connectivity index (χ1v) is 5.39. The topological polar surface area (TPSA) is 38.2 Å². The van der Waals surface area contributed by atoms with Crippen molar-refractivity contribution in [3.63, 3.8) is 0 Å². The van der Waals surface area contributed by atoms with Gasteiger partial charge in [0.2, 0.25) is 5.95 Å². The Morgan fingerprint density at radius 2 is 1.67 bits per heavy atom. The number of rotatable bonds is 1. The Labute approximate surface area is 94.2 Å². The van der Waals surface area contributed by atoms with Gasteiger partial charge in [0.1, 0.15) is 0 Å². The van der Waals surface area contributed by atoms with Gasteiger partial charge in [-0.25, -0.2) is 9.97 Å². The second-order valence-electron chi connectivity index (χ2n) is 3.61. The van der Waals surface area contributed by atoms with Crippen molar-refractivity contribution in [3.8, 4) is 0 Å². The molecule has 1 aromatic heterocycles. The highest BCUT2D eigenvalue weighted by molar-refractivity contribution is 6.31. The van der Waals surface area contributed by atoms with E-state index in [1.54, 1.807) is 0 Å². The van der Waals surface area contributed by atoms with Gasteiger partial charge in [-0.2, -0.15) is 0 Å². The van der Waals surface area contributed by atoms with Crippen LogP contribution in [-0.2, 0) is 4.74 Å². The van der Waals surface area contributed by atoms with Crippen LogP contribution in [0, 0.1) is 13.8 Å². The Hall–Kier alpha value is -0.870. The monoisotopic (exact) mass is 227 g/mol. The highest BCUT2D eigenvalue weighted by atomic mass is 35.5. The summed E-state index contributed by atoms with van der Waals surface area (Å²) in [6.45, 7) is 6.98. The normalized spacial score (nSPS) is 16.9. The largest absolute Gasteiger partial charge is 0.378 e. The fourth-order valence-electron chi connectivity index (χ4n) is 1.59. The molecule has 2 heterocycles. The molecule has 0 aromatic carbocycles. The van der Waals surface area contributed by atoms with E-state index in [0.29, 0.717) is 5.02 Å². The van der Waals surface area contributed by atoms with Crippen molar-refractivity contribution in [1.82, 2.24) is 9.97 Å². The molecule has 1 fully saturated rings. The Bertz CT molecular complexity index is 341. The standard InChI is InChI=1S/C10H14ClN3O/c1-7-9(11)8(2)13-10(12-7)14-3-5-15-6-4-14/h3-6H2,1-2H3. The minimum Gasteiger partial charge on any atom is -0.378 e. The van der Waals surface area contributed by atoms with Gasteiger partial charge < -0.3 is 9.64 Å². The van der Waals surface area contributed by atoms with E-state index < -0.39 is 0 Å². The molecule has 82 valence electrons. The number of hydrogen-bond donors (Lipinski definition) is 0. The molecule has 4 nitrogen and oxygen atoms in total. The van der Waals surface area contributed by atoms with Gasteiger partial charge in [-0.3, -0.25) is 0 Å². The summed E-state index contributed by atoms with van der Waals surface area (Å²) in [5.74, 6) is 0.762. The van der Waals surface area contributed by atoms with E-state index in [-0.39, 0.29) is 0 Å². The van der Waals surface area contributed by atoms with Gasteiger partial charge in [-0.15, -0.1) is 0 Å². The van der Waals surface area contributed by atoms with Crippen LogP contribution >= 0.6 is 11.6 Å². The van der Waals surface area contributed by atoms with Crippen molar-refractivity contribution in [1.29, 1.82) is 0 Å². The van der Waals surface area contributed by atoms with E-state index in [4.69, 9.17) is 16.3 Å². The lowest BCUT2D eigenvalue weighted by Crippen LogP contribution is -2.37. The summed E-state index contributed by atoms with van der Waals surface area (Å²) >= 11 is 6.02. The van der Waals surface area contributed by atoms with Gasteiger partial charge in [0.15, 0.2) is 0 Å². The first-order valence-electron chi connectivity index (χ1n) is 5.02. The van der Waals surface area contributed by atoms with E-state index >= 15 is 0 Å². The van der Waals surface area contributed by atoms with Crippen molar-refractivity contribution in [3.05, 3.63) is 16.4 Å². The first-order chi connectivity index (χ1) is 7.18. The molecule has 5 heteroatoms. The van der Waals surface area contributed by atoms with Crippen molar-refractivity contribution < 1.29 is 4.74 Å². The number of ether oxygens (including phenoxy) is 1. The number of anilines is 1. The molecule has 0 radical (unpaired) electrons. The van der Waals surface area contributed by atoms with Crippen molar-refractivity contribution in [2.45, 2.75) is 13.8 Å². The van der Waals surface area contributed by atoms with Crippen LogP contribution in [0.4, 0.5) is 5.95 Å². The van der Waals surface area contributed by atoms with E-state index in [9.17, 15) is 0 Å². The van der Waals surface area contributed by atoms with Crippen LogP contribution in [0.15, 0.2) is 0 Å². The summed E-state index contributed by atoms with van der Waals surface area (Å²) in [7, 11) is 0. The predicted octanol–water partition coefficient (Wildman–Crippen LogP) is 1.58. The average Bonchev–Trinajstić information content (AvgIpc) is 2.26. The molecule has 0 spiro atoms. The highest BCUT2D eigenvalue weighted by Crippen LogP contribution is 2.20. The molecule has 0 unspecified atom stereocenters. The zero-order chi connectivity index (χ0) is 10.8. The van der Waals surface area contributed by atoms with Gasteiger partial charge in [0, 0.05) is 13.1 Å². The molecule has 15 heavy (non-hydrogen) atoms. The Kier molecular flexibility index (Phi) is 3.07. The first kappa shape index (κ1) is 10.6. The number of hydrogen-bond acceptors (Lipinski definition) is 4. The second-order valence-corrected chi connectivity index (χ2v) is 3.99. The maximum absolute atomic E-state index is 6.02. The fourth-order valence-corrected chi connectivity index (χ4v) is 1.67.